The molecule has 1 spiro atoms. The summed E-state index contributed by atoms with van der Waals surface area (Å²) in [7, 11) is 0. The van der Waals surface area contributed by atoms with Crippen molar-refractivity contribution in [2.45, 2.75) is 5.66 Å². The van der Waals surface area contributed by atoms with Gasteiger partial charge in [0, 0.05) is 47.7 Å². The van der Waals surface area contributed by atoms with Gasteiger partial charge in [0.1, 0.15) is 28.9 Å². The highest BCUT2D eigenvalue weighted by atomic mass is 32.1. The first-order chi connectivity index (χ1) is 22.3. The van der Waals surface area contributed by atoms with Crippen LogP contribution in [0.15, 0.2) is 128 Å². The Morgan fingerprint density at radius 1 is 0.689 bits per heavy atom. The van der Waals surface area contributed by atoms with Gasteiger partial charge in [0.25, 0.3) is 5.82 Å². The van der Waals surface area contributed by atoms with Crippen LogP contribution in [0.2, 0.25) is 0 Å². The number of pyridine rings is 1. The second-order valence-electron chi connectivity index (χ2n) is 12.1. The van der Waals surface area contributed by atoms with Crippen LogP contribution < -0.4 is 14.1 Å². The third-order valence-electron chi connectivity index (χ3n) is 10.00. The fourth-order valence-electron chi connectivity index (χ4n) is 8.28. The molecule has 0 amide bonds. The minimum atomic E-state index is -0.778. The number of para-hydroxylation sites is 1. The monoisotopic (exact) mass is 595 g/mol. The van der Waals surface area contributed by atoms with Crippen molar-refractivity contribution in [1.29, 1.82) is 0 Å². The zero-order chi connectivity index (χ0) is 29.0. The molecular formula is C38H21N5OS+2. The topological polar surface area (TPSA) is 39.7 Å². The predicted molar refractivity (Wildman–Crippen MR) is 175 cm³/mol. The molecule has 208 valence electrons. The van der Waals surface area contributed by atoms with Gasteiger partial charge in [0.05, 0.1) is 11.0 Å². The number of thiophene rings is 1. The van der Waals surface area contributed by atoms with Gasteiger partial charge in [-0.05, 0) is 54.6 Å². The van der Waals surface area contributed by atoms with Crippen LogP contribution in [0.5, 0.6) is 11.5 Å². The number of aromatic nitrogens is 5. The van der Waals surface area contributed by atoms with Gasteiger partial charge in [0.15, 0.2) is 22.3 Å². The fraction of sp³-hybridized carbons (Fsp3) is 0.0263. The van der Waals surface area contributed by atoms with Crippen molar-refractivity contribution in [3.8, 4) is 34.3 Å². The van der Waals surface area contributed by atoms with Crippen molar-refractivity contribution >= 4 is 53.3 Å². The second-order valence-corrected chi connectivity index (χ2v) is 13.2. The van der Waals surface area contributed by atoms with E-state index in [0.29, 0.717) is 0 Å². The Morgan fingerprint density at radius 3 is 2.49 bits per heavy atom. The van der Waals surface area contributed by atoms with Gasteiger partial charge >= 0.3 is 5.66 Å². The van der Waals surface area contributed by atoms with E-state index in [1.54, 1.807) is 0 Å². The van der Waals surface area contributed by atoms with Gasteiger partial charge in [0.2, 0.25) is 0 Å². The molecule has 0 aliphatic carbocycles. The summed E-state index contributed by atoms with van der Waals surface area (Å²) < 4.78 is 16.3. The summed E-state index contributed by atoms with van der Waals surface area (Å²) in [5.41, 5.74) is 6.90. The van der Waals surface area contributed by atoms with E-state index in [0.717, 1.165) is 50.9 Å². The number of benzene rings is 5. The van der Waals surface area contributed by atoms with E-state index in [1.165, 1.54) is 36.5 Å². The highest BCUT2D eigenvalue weighted by molar-refractivity contribution is 7.25. The van der Waals surface area contributed by atoms with Crippen molar-refractivity contribution in [3.05, 3.63) is 139 Å². The molecule has 7 heterocycles. The highest BCUT2D eigenvalue weighted by Crippen LogP contribution is 2.55. The number of hydrogen-bond acceptors (Lipinski definition) is 3. The number of hydrogen-bond donors (Lipinski definition) is 0. The maximum absolute atomic E-state index is 6.75. The molecule has 3 aliphatic heterocycles. The molecule has 9 aromatic rings. The minimum Gasteiger partial charge on any atom is -0.456 e. The number of nitrogens with zero attached hydrogens (tertiary/aromatic N) is 5. The van der Waals surface area contributed by atoms with E-state index >= 15 is 0 Å². The lowest BCUT2D eigenvalue weighted by molar-refractivity contribution is -1.02. The van der Waals surface area contributed by atoms with E-state index in [1.807, 2.05) is 11.3 Å². The Labute approximate surface area is 259 Å². The Bertz CT molecular complexity index is 2820. The average Bonchev–Trinajstić information content (AvgIpc) is 3.84. The molecule has 45 heavy (non-hydrogen) atoms. The Hall–Kier alpha value is -5.79. The number of ether oxygens (including phenoxy) is 1. The molecule has 0 saturated carbocycles. The van der Waals surface area contributed by atoms with Crippen molar-refractivity contribution in [2.75, 3.05) is 0 Å². The first-order valence-corrected chi connectivity index (χ1v) is 16.0. The summed E-state index contributed by atoms with van der Waals surface area (Å²) in [4.78, 5) is 2.19. The quantitative estimate of drug-likeness (QED) is 0.183. The highest BCUT2D eigenvalue weighted by Gasteiger charge is 2.70. The van der Waals surface area contributed by atoms with Gasteiger partial charge in [-0.2, -0.15) is 9.13 Å². The van der Waals surface area contributed by atoms with Crippen molar-refractivity contribution < 1.29 is 14.1 Å². The predicted octanol–water partition coefficient (Wildman–Crippen LogP) is 7.61. The van der Waals surface area contributed by atoms with Crippen LogP contribution in [-0.4, -0.2) is 14.3 Å². The van der Waals surface area contributed by atoms with E-state index in [9.17, 15) is 0 Å². The fourth-order valence-corrected chi connectivity index (χ4v) is 9.42. The van der Waals surface area contributed by atoms with Crippen molar-refractivity contribution in [3.63, 3.8) is 0 Å². The Morgan fingerprint density at radius 2 is 1.51 bits per heavy atom. The third-order valence-corrected chi connectivity index (χ3v) is 11.1. The summed E-state index contributed by atoms with van der Waals surface area (Å²) in [6.45, 7) is 0. The lowest BCUT2D eigenvalue weighted by atomic mass is 9.84. The Kier molecular flexibility index (Phi) is 3.76. The lowest BCUT2D eigenvalue weighted by Gasteiger charge is -2.31. The molecule has 0 radical (unpaired) electrons. The van der Waals surface area contributed by atoms with Crippen LogP contribution in [0.25, 0.3) is 64.7 Å². The minimum absolute atomic E-state index is 0.778. The standard InChI is InChI=1S/C38H21N5OS/c1-3-10-28-23(8-1)26-17-18-31-36-37(26)42(28)34-14-5-6-19-40(34)38(36)35-29(11-7-12-30(35)44-31)41-21-27(39-43(38)41)22-15-16-25-24-9-2-4-13-32(24)45-33(25)20-22/h1-21H/q+2. The summed E-state index contributed by atoms with van der Waals surface area (Å²) in [5.74, 6) is 2.81. The first kappa shape index (κ1) is 22.7. The van der Waals surface area contributed by atoms with E-state index in [-0.39, 0.29) is 0 Å². The molecule has 0 bridgehead atoms. The van der Waals surface area contributed by atoms with Crippen LogP contribution in [0.1, 0.15) is 11.1 Å². The summed E-state index contributed by atoms with van der Waals surface area (Å²) in [5, 5.41) is 10.5. The third kappa shape index (κ3) is 2.44. The molecule has 7 heteroatoms. The smallest absolute Gasteiger partial charge is 0.423 e. The zero-order valence-corrected chi connectivity index (χ0v) is 24.5. The van der Waals surface area contributed by atoms with Crippen LogP contribution in [0.4, 0.5) is 0 Å². The average molecular weight is 596 g/mol. The van der Waals surface area contributed by atoms with Crippen LogP contribution in [0.3, 0.4) is 0 Å². The molecule has 6 nitrogen and oxygen atoms in total. The molecule has 5 aromatic carbocycles. The molecule has 1 unspecified atom stereocenters. The van der Waals surface area contributed by atoms with Gasteiger partial charge in [-0.1, -0.05) is 59.3 Å². The van der Waals surface area contributed by atoms with Crippen molar-refractivity contribution in [1.82, 2.24) is 14.3 Å². The summed E-state index contributed by atoms with van der Waals surface area (Å²) >= 11 is 1.84. The van der Waals surface area contributed by atoms with Gasteiger partial charge in [-0.25, -0.2) is 0 Å². The maximum Gasteiger partial charge on any atom is 0.423 e. The summed E-state index contributed by atoms with van der Waals surface area (Å²) in [6, 6.07) is 41.3. The normalized spacial score (nSPS) is 16.7. The van der Waals surface area contributed by atoms with Gasteiger partial charge < -0.3 is 4.74 Å². The van der Waals surface area contributed by atoms with Crippen LogP contribution >= 0.6 is 11.3 Å². The molecule has 0 fully saturated rings. The molecule has 3 aliphatic rings. The molecule has 1 atom stereocenters. The van der Waals surface area contributed by atoms with Gasteiger partial charge in [-0.3, -0.25) is 0 Å². The number of fused-ring (bicyclic) bond motifs is 10. The van der Waals surface area contributed by atoms with E-state index in [2.05, 4.69) is 146 Å². The molecule has 4 aromatic heterocycles. The summed E-state index contributed by atoms with van der Waals surface area (Å²) in [6.07, 6.45) is 4.38. The second kappa shape index (κ2) is 7.46. The molecular weight excluding hydrogens is 575 g/mol. The SMILES string of the molecule is c1cc2c3c(c1)-n1cc(-c4ccc5c(c4)sc4ccccc45)n[n+]1C31c3c(ccc4c5ccccc5n(c34)-c3cccc[n+]31)O2. The van der Waals surface area contributed by atoms with Gasteiger partial charge in [-0.15, -0.1) is 11.3 Å². The van der Waals surface area contributed by atoms with Crippen molar-refractivity contribution in [2.24, 2.45) is 0 Å². The van der Waals surface area contributed by atoms with E-state index in [4.69, 9.17) is 9.84 Å². The van der Waals surface area contributed by atoms with E-state index < -0.39 is 5.66 Å². The Balaban J connectivity index is 1.22. The van der Waals surface area contributed by atoms with Crippen LogP contribution in [-0.2, 0) is 5.66 Å². The molecule has 0 saturated heterocycles. The molecule has 12 rings (SSSR count). The largest absolute Gasteiger partial charge is 0.456 e. The lowest BCUT2D eigenvalue weighted by Crippen LogP contribution is -2.77. The first-order valence-electron chi connectivity index (χ1n) is 15.1. The molecule has 0 N–H and O–H groups in total. The number of rotatable bonds is 1. The van der Waals surface area contributed by atoms with Crippen LogP contribution in [0, 0.1) is 0 Å². The maximum atomic E-state index is 6.75. The zero-order valence-electron chi connectivity index (χ0n) is 23.7.